The van der Waals surface area contributed by atoms with Gasteiger partial charge in [-0.15, -0.1) is 0 Å². The Morgan fingerprint density at radius 1 is 1.33 bits per heavy atom. The summed E-state index contributed by atoms with van der Waals surface area (Å²) < 4.78 is 5.45. The van der Waals surface area contributed by atoms with Gasteiger partial charge in [-0.3, -0.25) is 4.79 Å². The van der Waals surface area contributed by atoms with Crippen LogP contribution in [0, 0.1) is 0 Å². The molecular weight excluding hydrogens is 266 g/mol. The first-order valence-electron chi connectivity index (χ1n) is 7.45. The van der Waals surface area contributed by atoms with Gasteiger partial charge in [-0.2, -0.15) is 0 Å². The average Bonchev–Trinajstić information content (AvgIpc) is 2.92. The van der Waals surface area contributed by atoms with Crippen LogP contribution in [0.25, 0.3) is 10.9 Å². The number of nitrogens with two attached hydrogens (primary N) is 1. The Balaban J connectivity index is 1.78. The smallest absolute Gasteiger partial charge is 0.267 e. The number of para-hydroxylation sites is 1. The Hall–Kier alpha value is -2.01. The van der Waals surface area contributed by atoms with Gasteiger partial charge < -0.3 is 20.8 Å². The minimum absolute atomic E-state index is 0.112. The van der Waals surface area contributed by atoms with E-state index in [1.165, 1.54) is 0 Å². The van der Waals surface area contributed by atoms with Crippen molar-refractivity contribution < 1.29 is 9.53 Å². The van der Waals surface area contributed by atoms with Crippen LogP contribution in [0.4, 0.5) is 5.69 Å². The van der Waals surface area contributed by atoms with E-state index in [0.29, 0.717) is 24.5 Å². The number of carbonyl (C=O) groups is 1. The molecule has 0 spiro atoms. The van der Waals surface area contributed by atoms with Gasteiger partial charge >= 0.3 is 0 Å². The Bertz CT molecular complexity index is 592. The molecule has 0 saturated carbocycles. The summed E-state index contributed by atoms with van der Waals surface area (Å²) in [4.78, 5) is 15.1. The van der Waals surface area contributed by atoms with Gasteiger partial charge in [0.05, 0.1) is 11.2 Å². The van der Waals surface area contributed by atoms with Crippen LogP contribution in [0.3, 0.4) is 0 Å². The lowest BCUT2D eigenvalue weighted by Crippen LogP contribution is -2.25. The molecule has 2 rings (SSSR count). The van der Waals surface area contributed by atoms with E-state index in [1.807, 2.05) is 24.3 Å². The highest BCUT2D eigenvalue weighted by Gasteiger charge is 2.09. The minimum Gasteiger partial charge on any atom is -0.397 e. The first-order valence-corrected chi connectivity index (χ1v) is 7.45. The summed E-state index contributed by atoms with van der Waals surface area (Å²) in [7, 11) is 0. The van der Waals surface area contributed by atoms with Gasteiger partial charge in [0.2, 0.25) is 0 Å². The Kier molecular flexibility index (Phi) is 5.63. The summed E-state index contributed by atoms with van der Waals surface area (Å²) in [5, 5.41) is 3.83. The van der Waals surface area contributed by atoms with E-state index >= 15 is 0 Å². The van der Waals surface area contributed by atoms with Crippen LogP contribution < -0.4 is 11.1 Å². The largest absolute Gasteiger partial charge is 0.397 e. The number of unbranched alkanes of at least 4 members (excludes halogenated alkanes) is 1. The standard InChI is InChI=1S/C16H23N3O2/c1-2-3-9-21-10-5-8-18-16(20)14-11-12-6-4-7-13(17)15(12)19-14/h4,6-7,11,19H,2-3,5,8-10,17H2,1H3,(H,18,20). The number of aromatic nitrogens is 1. The van der Waals surface area contributed by atoms with Crippen molar-refractivity contribution in [2.24, 2.45) is 0 Å². The van der Waals surface area contributed by atoms with Crippen molar-refractivity contribution >= 4 is 22.5 Å². The summed E-state index contributed by atoms with van der Waals surface area (Å²) in [5.41, 5.74) is 7.87. The third-order valence-electron chi connectivity index (χ3n) is 3.33. The summed E-state index contributed by atoms with van der Waals surface area (Å²) in [6.07, 6.45) is 3.04. The zero-order chi connectivity index (χ0) is 15.1. The molecule has 0 fully saturated rings. The number of hydrogen-bond donors (Lipinski definition) is 3. The molecule has 1 heterocycles. The monoisotopic (exact) mass is 289 g/mol. The molecule has 5 nitrogen and oxygen atoms in total. The summed E-state index contributed by atoms with van der Waals surface area (Å²) in [5.74, 6) is -0.112. The second kappa shape index (κ2) is 7.69. The number of anilines is 1. The number of carbonyl (C=O) groups excluding carboxylic acids is 1. The van der Waals surface area contributed by atoms with Crippen molar-refractivity contribution in [1.29, 1.82) is 0 Å². The van der Waals surface area contributed by atoms with Crippen LogP contribution in [-0.4, -0.2) is 30.6 Å². The molecule has 4 N–H and O–H groups in total. The molecule has 1 amide bonds. The predicted octanol–water partition coefficient (Wildman–Crippen LogP) is 2.69. The van der Waals surface area contributed by atoms with E-state index in [4.69, 9.17) is 10.5 Å². The summed E-state index contributed by atoms with van der Waals surface area (Å²) in [6, 6.07) is 7.44. The predicted molar refractivity (Wildman–Crippen MR) is 85.4 cm³/mol. The SMILES string of the molecule is CCCCOCCCNC(=O)c1cc2cccc(N)c2[nH]1. The van der Waals surface area contributed by atoms with Gasteiger partial charge in [0, 0.05) is 25.1 Å². The second-order valence-corrected chi connectivity index (χ2v) is 5.07. The number of nitrogens with one attached hydrogen (secondary N) is 2. The van der Waals surface area contributed by atoms with Crippen LogP contribution in [0.5, 0.6) is 0 Å². The molecule has 2 aromatic rings. The van der Waals surface area contributed by atoms with E-state index in [2.05, 4.69) is 17.2 Å². The molecule has 21 heavy (non-hydrogen) atoms. The maximum atomic E-state index is 12.0. The number of amides is 1. The summed E-state index contributed by atoms with van der Waals surface area (Å²) >= 11 is 0. The zero-order valence-electron chi connectivity index (χ0n) is 12.4. The van der Waals surface area contributed by atoms with Gasteiger partial charge in [0.25, 0.3) is 5.91 Å². The molecule has 0 radical (unpaired) electrons. The first kappa shape index (κ1) is 15.4. The molecule has 5 heteroatoms. The molecule has 0 unspecified atom stereocenters. The van der Waals surface area contributed by atoms with Crippen molar-refractivity contribution in [2.75, 3.05) is 25.5 Å². The van der Waals surface area contributed by atoms with Gasteiger partial charge in [0.15, 0.2) is 0 Å². The van der Waals surface area contributed by atoms with E-state index in [0.717, 1.165) is 36.8 Å². The van der Waals surface area contributed by atoms with Gasteiger partial charge in [0.1, 0.15) is 5.69 Å². The fourth-order valence-electron chi connectivity index (χ4n) is 2.12. The number of hydrogen-bond acceptors (Lipinski definition) is 3. The van der Waals surface area contributed by atoms with Crippen LogP contribution in [0.15, 0.2) is 24.3 Å². The highest BCUT2D eigenvalue weighted by Crippen LogP contribution is 2.20. The number of nitrogen functional groups attached to an aromatic ring is 1. The van der Waals surface area contributed by atoms with Crippen molar-refractivity contribution in [3.8, 4) is 0 Å². The highest BCUT2D eigenvalue weighted by atomic mass is 16.5. The summed E-state index contributed by atoms with van der Waals surface area (Å²) in [6.45, 7) is 4.22. The second-order valence-electron chi connectivity index (χ2n) is 5.07. The van der Waals surface area contributed by atoms with Gasteiger partial charge in [-0.1, -0.05) is 25.5 Å². The molecule has 0 aliphatic carbocycles. The molecule has 0 aliphatic heterocycles. The molecule has 114 valence electrons. The van der Waals surface area contributed by atoms with Crippen LogP contribution in [-0.2, 0) is 4.74 Å². The highest BCUT2D eigenvalue weighted by molar-refractivity contribution is 6.00. The van der Waals surface area contributed by atoms with Crippen LogP contribution in [0.2, 0.25) is 0 Å². The first-order chi connectivity index (χ1) is 10.2. The normalized spacial score (nSPS) is 10.9. The number of aromatic amines is 1. The lowest BCUT2D eigenvalue weighted by Gasteiger charge is -2.05. The van der Waals surface area contributed by atoms with Crippen LogP contribution >= 0.6 is 0 Å². The number of rotatable bonds is 8. The van der Waals surface area contributed by atoms with E-state index in [1.54, 1.807) is 0 Å². The van der Waals surface area contributed by atoms with Crippen molar-refractivity contribution in [3.63, 3.8) is 0 Å². The number of fused-ring (bicyclic) bond motifs is 1. The van der Waals surface area contributed by atoms with Crippen molar-refractivity contribution in [2.45, 2.75) is 26.2 Å². The third-order valence-corrected chi connectivity index (χ3v) is 3.33. The lowest BCUT2D eigenvalue weighted by atomic mass is 10.2. The average molecular weight is 289 g/mol. The topological polar surface area (TPSA) is 80.1 Å². The maximum Gasteiger partial charge on any atom is 0.267 e. The molecular formula is C16H23N3O2. The Labute approximate surface area is 124 Å². The molecule has 1 aromatic carbocycles. The molecule has 1 aromatic heterocycles. The zero-order valence-corrected chi connectivity index (χ0v) is 12.4. The fraction of sp³-hybridized carbons (Fsp3) is 0.438. The van der Waals surface area contributed by atoms with E-state index < -0.39 is 0 Å². The quantitative estimate of drug-likeness (QED) is 0.516. The molecule has 0 aliphatic rings. The van der Waals surface area contributed by atoms with E-state index in [-0.39, 0.29) is 5.91 Å². The third kappa shape index (κ3) is 4.23. The fourth-order valence-corrected chi connectivity index (χ4v) is 2.12. The van der Waals surface area contributed by atoms with Gasteiger partial charge in [-0.25, -0.2) is 0 Å². The maximum absolute atomic E-state index is 12.0. The lowest BCUT2D eigenvalue weighted by molar-refractivity contribution is 0.0936. The van der Waals surface area contributed by atoms with E-state index in [9.17, 15) is 4.79 Å². The Morgan fingerprint density at radius 2 is 2.14 bits per heavy atom. The molecule has 0 atom stereocenters. The van der Waals surface area contributed by atoms with Gasteiger partial charge in [-0.05, 0) is 25.0 Å². The number of ether oxygens (including phenoxy) is 1. The number of benzene rings is 1. The van der Waals surface area contributed by atoms with Crippen LogP contribution in [0.1, 0.15) is 36.7 Å². The minimum atomic E-state index is -0.112. The number of H-pyrrole nitrogens is 1. The Morgan fingerprint density at radius 3 is 2.90 bits per heavy atom. The molecule has 0 saturated heterocycles. The van der Waals surface area contributed by atoms with Crippen molar-refractivity contribution in [3.05, 3.63) is 30.0 Å². The molecule has 0 bridgehead atoms. The van der Waals surface area contributed by atoms with Crippen molar-refractivity contribution in [1.82, 2.24) is 10.3 Å².